The molecule has 0 aliphatic carbocycles. The predicted octanol–water partition coefficient (Wildman–Crippen LogP) is 4.23. The van der Waals surface area contributed by atoms with E-state index in [-0.39, 0.29) is 6.61 Å². The molecule has 0 fully saturated rings. The third-order valence-electron chi connectivity index (χ3n) is 3.67. The normalized spacial score (nSPS) is 11.5. The summed E-state index contributed by atoms with van der Waals surface area (Å²) in [6.45, 7) is 3.23. The summed E-state index contributed by atoms with van der Waals surface area (Å²) in [5, 5.41) is 0. The van der Waals surface area contributed by atoms with E-state index in [0.29, 0.717) is 22.7 Å². The fourth-order valence-electron chi connectivity index (χ4n) is 2.47. The molecule has 0 N–H and O–H groups in total. The Balaban J connectivity index is 2.02. The second kappa shape index (κ2) is 8.73. The second-order valence-corrected chi connectivity index (χ2v) is 6.91. The van der Waals surface area contributed by atoms with Crippen LogP contribution in [0.2, 0.25) is 0 Å². The molecule has 134 valence electrons. The van der Waals surface area contributed by atoms with Gasteiger partial charge in [0.25, 0.3) is 0 Å². The molecular weight excluding hydrogens is 366 g/mol. The van der Waals surface area contributed by atoms with Crippen molar-refractivity contribution in [1.82, 2.24) is 8.52 Å². The Labute approximate surface area is 161 Å². The first-order chi connectivity index (χ1) is 12.7. The Hall–Kier alpha value is -2.51. The van der Waals surface area contributed by atoms with Crippen molar-refractivity contribution in [3.05, 3.63) is 81.4 Å². The molecule has 0 spiro atoms. The SMILES string of the molecule is CCOC(=O)N=c1sn(Cc2ccccc2)c(=S)n1Cc1ccccc1. The zero-order valence-electron chi connectivity index (χ0n) is 14.4. The van der Waals surface area contributed by atoms with Crippen molar-refractivity contribution in [3.8, 4) is 0 Å². The Morgan fingerprint density at radius 3 is 2.19 bits per heavy atom. The highest BCUT2D eigenvalue weighted by Crippen LogP contribution is 2.09. The highest BCUT2D eigenvalue weighted by atomic mass is 32.1. The highest BCUT2D eigenvalue weighted by molar-refractivity contribution is 7.71. The first-order valence-corrected chi connectivity index (χ1v) is 9.46. The van der Waals surface area contributed by atoms with Crippen molar-refractivity contribution in [2.75, 3.05) is 6.61 Å². The lowest BCUT2D eigenvalue weighted by atomic mass is 10.2. The largest absolute Gasteiger partial charge is 0.448 e. The molecule has 3 aromatic rings. The van der Waals surface area contributed by atoms with E-state index in [4.69, 9.17) is 17.0 Å². The van der Waals surface area contributed by atoms with Crippen LogP contribution < -0.4 is 4.80 Å². The topological polar surface area (TPSA) is 48.5 Å². The molecular formula is C19H19N3O2S2. The van der Waals surface area contributed by atoms with Crippen molar-refractivity contribution < 1.29 is 9.53 Å². The van der Waals surface area contributed by atoms with Gasteiger partial charge in [-0.15, -0.1) is 4.99 Å². The number of aromatic nitrogens is 2. The van der Waals surface area contributed by atoms with Crippen molar-refractivity contribution in [3.63, 3.8) is 0 Å². The van der Waals surface area contributed by atoms with E-state index in [1.165, 1.54) is 11.5 Å². The first-order valence-electron chi connectivity index (χ1n) is 8.27. The number of benzene rings is 2. The minimum Gasteiger partial charge on any atom is -0.448 e. The van der Waals surface area contributed by atoms with Gasteiger partial charge in [0.05, 0.1) is 19.7 Å². The van der Waals surface area contributed by atoms with Crippen molar-refractivity contribution in [2.24, 2.45) is 4.99 Å². The van der Waals surface area contributed by atoms with Crippen LogP contribution in [0.3, 0.4) is 0 Å². The third kappa shape index (κ3) is 4.56. The van der Waals surface area contributed by atoms with Gasteiger partial charge in [-0.1, -0.05) is 60.7 Å². The van der Waals surface area contributed by atoms with Crippen LogP contribution in [0.25, 0.3) is 0 Å². The fraction of sp³-hybridized carbons (Fsp3) is 0.211. The van der Waals surface area contributed by atoms with Crippen LogP contribution in [0.4, 0.5) is 4.79 Å². The minimum atomic E-state index is -0.600. The lowest BCUT2D eigenvalue weighted by Crippen LogP contribution is -2.18. The maximum Gasteiger partial charge on any atom is 0.436 e. The van der Waals surface area contributed by atoms with Gasteiger partial charge >= 0.3 is 6.09 Å². The van der Waals surface area contributed by atoms with E-state index in [1.807, 2.05) is 69.2 Å². The van der Waals surface area contributed by atoms with E-state index in [2.05, 4.69) is 4.99 Å². The maximum atomic E-state index is 11.9. The van der Waals surface area contributed by atoms with Gasteiger partial charge < -0.3 is 4.74 Å². The fourth-order valence-corrected chi connectivity index (χ4v) is 3.81. The van der Waals surface area contributed by atoms with E-state index in [1.54, 1.807) is 6.92 Å². The molecule has 1 aromatic heterocycles. The number of carbonyl (C=O) groups excluding carboxylic acids is 1. The number of hydrogen-bond acceptors (Lipinski definition) is 4. The van der Waals surface area contributed by atoms with Gasteiger partial charge in [-0.25, -0.2) is 4.79 Å². The lowest BCUT2D eigenvalue weighted by molar-refractivity contribution is 0.162. The maximum absolute atomic E-state index is 11.9. The average molecular weight is 386 g/mol. The average Bonchev–Trinajstić information content (AvgIpc) is 2.92. The summed E-state index contributed by atoms with van der Waals surface area (Å²) >= 11 is 7.02. The molecule has 26 heavy (non-hydrogen) atoms. The van der Waals surface area contributed by atoms with Gasteiger partial charge in [-0.3, -0.25) is 8.52 Å². The molecule has 0 atom stereocenters. The van der Waals surface area contributed by atoms with Crippen LogP contribution in [0.1, 0.15) is 18.1 Å². The van der Waals surface area contributed by atoms with Crippen LogP contribution >= 0.6 is 23.8 Å². The van der Waals surface area contributed by atoms with E-state index in [0.717, 1.165) is 11.1 Å². The number of carbonyl (C=O) groups is 1. The van der Waals surface area contributed by atoms with Crippen molar-refractivity contribution in [2.45, 2.75) is 20.0 Å². The van der Waals surface area contributed by atoms with E-state index >= 15 is 0 Å². The molecule has 0 saturated heterocycles. The van der Waals surface area contributed by atoms with Gasteiger partial charge in [-0.05, 0) is 41.8 Å². The zero-order valence-corrected chi connectivity index (χ0v) is 16.0. The molecule has 5 nitrogen and oxygen atoms in total. The number of nitrogens with zero attached hydrogens (tertiary/aromatic N) is 3. The third-order valence-corrected chi connectivity index (χ3v) is 5.23. The van der Waals surface area contributed by atoms with Gasteiger partial charge in [0.2, 0.25) is 4.80 Å². The van der Waals surface area contributed by atoms with Crippen LogP contribution in [0, 0.1) is 4.77 Å². The molecule has 0 aliphatic heterocycles. The van der Waals surface area contributed by atoms with Crippen LogP contribution in [0.15, 0.2) is 65.7 Å². The first kappa shape index (κ1) is 18.3. The smallest absolute Gasteiger partial charge is 0.436 e. The number of ether oxygens (including phenoxy) is 1. The Bertz CT molecular complexity index is 989. The molecule has 2 aromatic carbocycles. The van der Waals surface area contributed by atoms with E-state index in [9.17, 15) is 4.79 Å². The standard InChI is InChI=1S/C19H19N3O2S2/c1-2-24-18(23)20-17-21(13-15-9-5-3-6-10-15)19(25)22(26-17)14-16-11-7-4-8-12-16/h3-12H,2,13-14H2,1H3. The lowest BCUT2D eigenvalue weighted by Gasteiger charge is -2.04. The molecule has 0 aliphatic rings. The van der Waals surface area contributed by atoms with Crippen molar-refractivity contribution in [1.29, 1.82) is 0 Å². The zero-order chi connectivity index (χ0) is 18.4. The summed E-state index contributed by atoms with van der Waals surface area (Å²) in [5.74, 6) is 0. The molecule has 0 saturated carbocycles. The van der Waals surface area contributed by atoms with Gasteiger partial charge in [0, 0.05) is 0 Å². The van der Waals surface area contributed by atoms with E-state index < -0.39 is 6.09 Å². The molecule has 0 bridgehead atoms. The van der Waals surface area contributed by atoms with Crippen LogP contribution in [-0.4, -0.2) is 21.2 Å². The highest BCUT2D eigenvalue weighted by Gasteiger charge is 2.09. The summed E-state index contributed by atoms with van der Waals surface area (Å²) in [7, 11) is 0. The van der Waals surface area contributed by atoms with Crippen LogP contribution in [-0.2, 0) is 17.8 Å². The summed E-state index contributed by atoms with van der Waals surface area (Å²) in [6, 6.07) is 20.0. The number of rotatable bonds is 5. The van der Waals surface area contributed by atoms with Crippen LogP contribution in [0.5, 0.6) is 0 Å². The molecule has 0 radical (unpaired) electrons. The Morgan fingerprint density at radius 2 is 1.62 bits per heavy atom. The number of amides is 1. The molecule has 1 heterocycles. The molecule has 7 heteroatoms. The molecule has 3 rings (SSSR count). The second-order valence-electron chi connectivity index (χ2n) is 5.56. The van der Waals surface area contributed by atoms with Crippen molar-refractivity contribution >= 4 is 29.8 Å². The van der Waals surface area contributed by atoms with Gasteiger partial charge in [0.15, 0.2) is 4.77 Å². The summed E-state index contributed by atoms with van der Waals surface area (Å²) in [5.41, 5.74) is 2.23. The minimum absolute atomic E-state index is 0.289. The summed E-state index contributed by atoms with van der Waals surface area (Å²) in [4.78, 5) is 16.5. The Kier molecular flexibility index (Phi) is 6.14. The quantitative estimate of drug-likeness (QED) is 0.618. The monoisotopic (exact) mass is 385 g/mol. The Morgan fingerprint density at radius 1 is 1.04 bits per heavy atom. The number of hydrogen-bond donors (Lipinski definition) is 0. The summed E-state index contributed by atoms with van der Waals surface area (Å²) in [6.07, 6.45) is -0.600. The predicted molar refractivity (Wildman–Crippen MR) is 105 cm³/mol. The summed E-state index contributed by atoms with van der Waals surface area (Å²) < 4.78 is 9.43. The molecule has 0 unspecified atom stereocenters. The van der Waals surface area contributed by atoms with Gasteiger partial charge in [0.1, 0.15) is 0 Å². The van der Waals surface area contributed by atoms with Gasteiger partial charge in [-0.2, -0.15) is 0 Å². The molecule has 1 amide bonds.